The van der Waals surface area contributed by atoms with Crippen molar-refractivity contribution in [3.63, 3.8) is 0 Å². The van der Waals surface area contributed by atoms with Gasteiger partial charge in [0.25, 0.3) is 0 Å². The molecule has 0 bridgehead atoms. The van der Waals surface area contributed by atoms with Gasteiger partial charge in [0, 0.05) is 16.2 Å². The van der Waals surface area contributed by atoms with Gasteiger partial charge in [0.05, 0.1) is 0 Å². The Morgan fingerprint density at radius 2 is 1.89 bits per heavy atom. The second kappa shape index (κ2) is 6.88. The molecule has 0 aliphatic heterocycles. The van der Waals surface area contributed by atoms with Crippen LogP contribution >= 0.6 is 22.6 Å². The van der Waals surface area contributed by atoms with Crippen LogP contribution in [0.15, 0.2) is 18.2 Å². The molecule has 1 atom stereocenters. The molecule has 0 spiro atoms. The predicted octanol–water partition coefficient (Wildman–Crippen LogP) is 2.70. The van der Waals surface area contributed by atoms with E-state index < -0.39 is 6.04 Å². The number of aryl methyl sites for hydroxylation is 1. The first-order valence-corrected chi connectivity index (χ1v) is 7.23. The van der Waals surface area contributed by atoms with Crippen LogP contribution in [0.2, 0.25) is 0 Å². The highest BCUT2D eigenvalue weighted by Gasteiger charge is 2.22. The Morgan fingerprint density at radius 3 is 2.37 bits per heavy atom. The van der Waals surface area contributed by atoms with E-state index in [1.165, 1.54) is 12.5 Å². The van der Waals surface area contributed by atoms with Gasteiger partial charge in [0.2, 0.25) is 11.8 Å². The Bertz CT molecular complexity index is 486. The van der Waals surface area contributed by atoms with Gasteiger partial charge in [-0.3, -0.25) is 9.59 Å². The van der Waals surface area contributed by atoms with Crippen molar-refractivity contribution in [1.82, 2.24) is 5.32 Å². The maximum absolute atomic E-state index is 12.2. The molecule has 19 heavy (non-hydrogen) atoms. The molecule has 0 fully saturated rings. The maximum atomic E-state index is 12.2. The third kappa shape index (κ3) is 4.81. The van der Waals surface area contributed by atoms with Crippen LogP contribution in [-0.4, -0.2) is 17.9 Å². The van der Waals surface area contributed by atoms with Gasteiger partial charge in [-0.25, -0.2) is 0 Å². The Kier molecular flexibility index (Phi) is 5.78. The lowest BCUT2D eigenvalue weighted by molar-refractivity contribution is -0.126. The first kappa shape index (κ1) is 15.9. The van der Waals surface area contributed by atoms with E-state index in [9.17, 15) is 9.59 Å². The molecule has 0 radical (unpaired) electrons. The lowest BCUT2D eigenvalue weighted by atomic mass is 10.0. The summed E-state index contributed by atoms with van der Waals surface area (Å²) in [5.74, 6) is -0.356. The first-order valence-electron chi connectivity index (χ1n) is 6.15. The van der Waals surface area contributed by atoms with Gasteiger partial charge in [-0.05, 0) is 53.1 Å². The molecule has 1 aromatic rings. The maximum Gasteiger partial charge on any atom is 0.247 e. The summed E-state index contributed by atoms with van der Waals surface area (Å²) in [6.45, 7) is 7.23. The van der Waals surface area contributed by atoms with Crippen LogP contribution in [0, 0.1) is 16.4 Å². The molecule has 0 aromatic heterocycles. The van der Waals surface area contributed by atoms with E-state index in [2.05, 4.69) is 33.2 Å². The van der Waals surface area contributed by atoms with Crippen molar-refractivity contribution in [3.05, 3.63) is 27.3 Å². The lowest BCUT2D eigenvalue weighted by Crippen LogP contribution is -2.46. The zero-order chi connectivity index (χ0) is 14.6. The van der Waals surface area contributed by atoms with Gasteiger partial charge in [-0.2, -0.15) is 0 Å². The Balaban J connectivity index is 2.81. The van der Waals surface area contributed by atoms with Crippen molar-refractivity contribution < 1.29 is 9.59 Å². The number of carbonyl (C=O) groups excluding carboxylic acids is 2. The molecule has 4 nitrogen and oxygen atoms in total. The minimum Gasteiger partial charge on any atom is -0.344 e. The van der Waals surface area contributed by atoms with Gasteiger partial charge in [-0.15, -0.1) is 0 Å². The Hall–Kier alpha value is -1.11. The average Bonchev–Trinajstić information content (AvgIpc) is 2.30. The molecule has 0 saturated carbocycles. The van der Waals surface area contributed by atoms with E-state index in [0.29, 0.717) is 0 Å². The molecule has 0 aliphatic rings. The van der Waals surface area contributed by atoms with E-state index >= 15 is 0 Å². The molecule has 5 heteroatoms. The first-order chi connectivity index (χ1) is 8.81. The van der Waals surface area contributed by atoms with Crippen LogP contribution in [0.3, 0.4) is 0 Å². The fourth-order valence-corrected chi connectivity index (χ4v) is 2.16. The summed E-state index contributed by atoms with van der Waals surface area (Å²) in [4.78, 5) is 23.3. The van der Waals surface area contributed by atoms with E-state index in [1.54, 1.807) is 0 Å². The fraction of sp³-hybridized carbons (Fsp3) is 0.429. The quantitative estimate of drug-likeness (QED) is 0.797. The van der Waals surface area contributed by atoms with E-state index in [4.69, 9.17) is 0 Å². The van der Waals surface area contributed by atoms with Crippen molar-refractivity contribution >= 4 is 40.1 Å². The summed E-state index contributed by atoms with van der Waals surface area (Å²) in [5, 5.41) is 5.51. The Labute approximate surface area is 127 Å². The number of benzene rings is 1. The van der Waals surface area contributed by atoms with Gasteiger partial charge in [0.15, 0.2) is 0 Å². The normalized spacial score (nSPS) is 12.1. The standard InChI is InChI=1S/C14H19IN2O2/c1-8(2)13(16-10(4)18)14(19)17-11-6-5-9(3)12(15)7-11/h5-8,13H,1-4H3,(H,16,18)(H,17,19)/t13-/m1/s1. The number of nitrogens with one attached hydrogen (secondary N) is 2. The summed E-state index contributed by atoms with van der Waals surface area (Å²) >= 11 is 2.23. The summed E-state index contributed by atoms with van der Waals surface area (Å²) < 4.78 is 1.09. The summed E-state index contributed by atoms with van der Waals surface area (Å²) in [5.41, 5.74) is 1.91. The Morgan fingerprint density at radius 1 is 1.26 bits per heavy atom. The SMILES string of the molecule is CC(=O)N[C@@H](C(=O)Nc1ccc(C)c(I)c1)C(C)C. The van der Waals surface area contributed by atoms with Crippen molar-refractivity contribution in [3.8, 4) is 0 Å². The molecular formula is C14H19IN2O2. The van der Waals surface area contributed by atoms with Crippen LogP contribution in [0.25, 0.3) is 0 Å². The van der Waals surface area contributed by atoms with E-state index in [0.717, 1.165) is 9.26 Å². The molecule has 104 valence electrons. The van der Waals surface area contributed by atoms with Crippen molar-refractivity contribution in [2.24, 2.45) is 5.92 Å². The van der Waals surface area contributed by atoms with Crippen molar-refractivity contribution in [2.45, 2.75) is 33.7 Å². The average molecular weight is 374 g/mol. The lowest BCUT2D eigenvalue weighted by Gasteiger charge is -2.21. The molecule has 0 unspecified atom stereocenters. The number of amides is 2. The number of carbonyl (C=O) groups is 2. The predicted molar refractivity (Wildman–Crippen MR) is 85.0 cm³/mol. The number of hydrogen-bond acceptors (Lipinski definition) is 2. The van der Waals surface area contributed by atoms with Gasteiger partial charge < -0.3 is 10.6 Å². The topological polar surface area (TPSA) is 58.2 Å². The van der Waals surface area contributed by atoms with E-state index in [1.807, 2.05) is 39.0 Å². The zero-order valence-electron chi connectivity index (χ0n) is 11.6. The molecule has 0 saturated heterocycles. The summed E-state index contributed by atoms with van der Waals surface area (Å²) in [6, 6.07) is 5.22. The van der Waals surface area contributed by atoms with Crippen molar-refractivity contribution in [1.29, 1.82) is 0 Å². The van der Waals surface area contributed by atoms with Crippen LogP contribution in [0.1, 0.15) is 26.3 Å². The monoisotopic (exact) mass is 374 g/mol. The van der Waals surface area contributed by atoms with Crippen LogP contribution in [0.4, 0.5) is 5.69 Å². The highest BCUT2D eigenvalue weighted by atomic mass is 127. The molecule has 0 aliphatic carbocycles. The minimum atomic E-state index is -0.517. The number of hydrogen-bond donors (Lipinski definition) is 2. The van der Waals surface area contributed by atoms with Gasteiger partial charge in [0.1, 0.15) is 6.04 Å². The van der Waals surface area contributed by atoms with Crippen LogP contribution < -0.4 is 10.6 Å². The second-order valence-corrected chi connectivity index (χ2v) is 6.04. The highest BCUT2D eigenvalue weighted by Crippen LogP contribution is 2.17. The van der Waals surface area contributed by atoms with E-state index in [-0.39, 0.29) is 17.7 Å². The zero-order valence-corrected chi connectivity index (χ0v) is 13.7. The molecule has 0 heterocycles. The largest absolute Gasteiger partial charge is 0.344 e. The van der Waals surface area contributed by atoms with Gasteiger partial charge in [-0.1, -0.05) is 19.9 Å². The second-order valence-electron chi connectivity index (χ2n) is 4.88. The molecular weight excluding hydrogens is 355 g/mol. The minimum absolute atomic E-state index is 0.0356. The summed E-state index contributed by atoms with van der Waals surface area (Å²) in [6.07, 6.45) is 0. The molecule has 1 aromatic carbocycles. The third-order valence-electron chi connectivity index (χ3n) is 2.75. The fourth-order valence-electron chi connectivity index (χ4n) is 1.64. The number of halogens is 1. The van der Waals surface area contributed by atoms with Crippen molar-refractivity contribution in [2.75, 3.05) is 5.32 Å². The molecule has 2 N–H and O–H groups in total. The van der Waals surface area contributed by atoms with Gasteiger partial charge >= 0.3 is 0 Å². The third-order valence-corrected chi connectivity index (χ3v) is 3.91. The molecule has 2 amide bonds. The van der Waals surface area contributed by atoms with Crippen LogP contribution in [-0.2, 0) is 9.59 Å². The highest BCUT2D eigenvalue weighted by molar-refractivity contribution is 14.1. The number of anilines is 1. The summed E-state index contributed by atoms with van der Waals surface area (Å²) in [7, 11) is 0. The smallest absolute Gasteiger partial charge is 0.247 e. The number of rotatable bonds is 4. The molecule has 1 rings (SSSR count). The van der Waals surface area contributed by atoms with Crippen LogP contribution in [0.5, 0.6) is 0 Å².